The fourth-order valence-electron chi connectivity index (χ4n) is 0.839. The standard InChI is InChI=1S/C11H15N3O/c1-11(2,3)8-13-14-10(15)9-6-4-5-7-12-9/h4-8H,1-3H3,(H,14,15)/b13-8+. The van der Waals surface area contributed by atoms with Gasteiger partial charge in [0.05, 0.1) is 0 Å². The SMILES string of the molecule is CC(C)(C)/C=N/NC(=O)c1ccccn1. The summed E-state index contributed by atoms with van der Waals surface area (Å²) < 4.78 is 0. The van der Waals surface area contributed by atoms with E-state index < -0.39 is 0 Å². The number of hydrazone groups is 1. The van der Waals surface area contributed by atoms with Gasteiger partial charge in [0.1, 0.15) is 5.69 Å². The van der Waals surface area contributed by atoms with Crippen LogP contribution in [0.5, 0.6) is 0 Å². The molecule has 1 heterocycles. The van der Waals surface area contributed by atoms with Crippen LogP contribution >= 0.6 is 0 Å². The first-order chi connectivity index (χ1) is 6.99. The van der Waals surface area contributed by atoms with Crippen molar-refractivity contribution >= 4 is 12.1 Å². The molecule has 0 radical (unpaired) electrons. The van der Waals surface area contributed by atoms with Gasteiger partial charge in [-0.1, -0.05) is 26.8 Å². The van der Waals surface area contributed by atoms with Crippen LogP contribution in [-0.4, -0.2) is 17.1 Å². The van der Waals surface area contributed by atoms with E-state index in [4.69, 9.17) is 0 Å². The zero-order valence-corrected chi connectivity index (χ0v) is 9.19. The highest BCUT2D eigenvalue weighted by Gasteiger charge is 2.07. The number of carbonyl (C=O) groups is 1. The predicted molar refractivity (Wildman–Crippen MR) is 59.7 cm³/mol. The van der Waals surface area contributed by atoms with Crippen LogP contribution in [0.15, 0.2) is 29.5 Å². The van der Waals surface area contributed by atoms with Crippen molar-refractivity contribution in [1.82, 2.24) is 10.4 Å². The molecule has 0 aliphatic carbocycles. The van der Waals surface area contributed by atoms with Gasteiger partial charge in [-0.3, -0.25) is 9.78 Å². The Morgan fingerprint density at radius 2 is 2.20 bits per heavy atom. The van der Waals surface area contributed by atoms with E-state index >= 15 is 0 Å². The fraction of sp³-hybridized carbons (Fsp3) is 0.364. The van der Waals surface area contributed by atoms with Gasteiger partial charge < -0.3 is 0 Å². The first-order valence-electron chi connectivity index (χ1n) is 4.75. The largest absolute Gasteiger partial charge is 0.289 e. The summed E-state index contributed by atoms with van der Waals surface area (Å²) in [4.78, 5) is 15.4. The Morgan fingerprint density at radius 3 is 2.73 bits per heavy atom. The van der Waals surface area contributed by atoms with Gasteiger partial charge in [-0.2, -0.15) is 5.10 Å². The second-order valence-electron chi connectivity index (χ2n) is 4.28. The molecule has 15 heavy (non-hydrogen) atoms. The molecule has 4 nitrogen and oxygen atoms in total. The molecule has 0 bridgehead atoms. The molecule has 1 aromatic heterocycles. The van der Waals surface area contributed by atoms with E-state index in [-0.39, 0.29) is 11.3 Å². The second kappa shape index (κ2) is 4.68. The summed E-state index contributed by atoms with van der Waals surface area (Å²) in [7, 11) is 0. The van der Waals surface area contributed by atoms with Gasteiger partial charge in [0.25, 0.3) is 5.91 Å². The van der Waals surface area contributed by atoms with Crippen LogP contribution in [0, 0.1) is 5.41 Å². The number of amides is 1. The number of carbonyl (C=O) groups excluding carboxylic acids is 1. The third kappa shape index (κ3) is 4.35. The maximum Gasteiger partial charge on any atom is 0.289 e. The van der Waals surface area contributed by atoms with E-state index in [0.717, 1.165) is 0 Å². The van der Waals surface area contributed by atoms with Crippen molar-refractivity contribution in [1.29, 1.82) is 0 Å². The van der Waals surface area contributed by atoms with Crippen LogP contribution < -0.4 is 5.43 Å². The molecular weight excluding hydrogens is 190 g/mol. The Hall–Kier alpha value is -1.71. The van der Waals surface area contributed by atoms with Gasteiger partial charge in [-0.15, -0.1) is 0 Å². The maximum atomic E-state index is 11.4. The van der Waals surface area contributed by atoms with Crippen LogP contribution in [0.2, 0.25) is 0 Å². The average molecular weight is 205 g/mol. The summed E-state index contributed by atoms with van der Waals surface area (Å²) in [6, 6.07) is 5.16. The number of aromatic nitrogens is 1. The zero-order valence-electron chi connectivity index (χ0n) is 9.19. The smallest absolute Gasteiger partial charge is 0.266 e. The van der Waals surface area contributed by atoms with Crippen LogP contribution in [-0.2, 0) is 0 Å². The Labute approximate surface area is 89.4 Å². The van der Waals surface area contributed by atoms with Crippen LogP contribution in [0.1, 0.15) is 31.3 Å². The lowest BCUT2D eigenvalue weighted by Crippen LogP contribution is -2.20. The molecule has 0 saturated heterocycles. The van der Waals surface area contributed by atoms with Crippen LogP contribution in [0.25, 0.3) is 0 Å². The molecule has 0 aliphatic heterocycles. The normalized spacial score (nSPS) is 11.7. The topological polar surface area (TPSA) is 54.4 Å². The third-order valence-corrected chi connectivity index (χ3v) is 1.52. The van der Waals surface area contributed by atoms with E-state index in [0.29, 0.717) is 5.69 Å². The van der Waals surface area contributed by atoms with Gasteiger partial charge in [0, 0.05) is 12.4 Å². The van der Waals surface area contributed by atoms with E-state index in [1.54, 1.807) is 30.6 Å². The zero-order chi connectivity index (χ0) is 11.3. The minimum absolute atomic E-state index is 0.0442. The minimum Gasteiger partial charge on any atom is -0.266 e. The Balaban J connectivity index is 2.55. The van der Waals surface area contributed by atoms with Crippen LogP contribution in [0.3, 0.4) is 0 Å². The molecule has 0 unspecified atom stereocenters. The van der Waals surface area contributed by atoms with E-state index in [9.17, 15) is 4.79 Å². The summed E-state index contributed by atoms with van der Waals surface area (Å²) in [5.41, 5.74) is 2.74. The van der Waals surface area contributed by atoms with Crippen molar-refractivity contribution in [2.24, 2.45) is 10.5 Å². The third-order valence-electron chi connectivity index (χ3n) is 1.52. The Bertz CT molecular complexity index is 352. The van der Waals surface area contributed by atoms with Crippen molar-refractivity contribution in [3.8, 4) is 0 Å². The molecular formula is C11H15N3O. The van der Waals surface area contributed by atoms with E-state index in [2.05, 4.69) is 15.5 Å². The van der Waals surface area contributed by atoms with E-state index in [1.807, 2.05) is 20.8 Å². The number of nitrogens with zero attached hydrogens (tertiary/aromatic N) is 2. The molecule has 0 saturated carbocycles. The highest BCUT2D eigenvalue weighted by Crippen LogP contribution is 2.07. The Morgan fingerprint density at radius 1 is 1.47 bits per heavy atom. The van der Waals surface area contributed by atoms with Gasteiger partial charge in [-0.25, -0.2) is 5.43 Å². The maximum absolute atomic E-state index is 11.4. The second-order valence-corrected chi connectivity index (χ2v) is 4.28. The monoisotopic (exact) mass is 205 g/mol. The van der Waals surface area contributed by atoms with Crippen molar-refractivity contribution in [3.63, 3.8) is 0 Å². The van der Waals surface area contributed by atoms with Gasteiger partial charge >= 0.3 is 0 Å². The molecule has 0 atom stereocenters. The molecule has 0 aliphatic rings. The highest BCUT2D eigenvalue weighted by molar-refractivity contribution is 5.92. The van der Waals surface area contributed by atoms with Crippen molar-refractivity contribution in [2.75, 3.05) is 0 Å². The summed E-state index contributed by atoms with van der Waals surface area (Å²) in [5.74, 6) is -0.295. The predicted octanol–water partition coefficient (Wildman–Crippen LogP) is 1.84. The number of rotatable bonds is 2. The first kappa shape index (κ1) is 11.4. The summed E-state index contributed by atoms with van der Waals surface area (Å²) in [6.45, 7) is 6.01. The highest BCUT2D eigenvalue weighted by atomic mass is 16.2. The number of hydrogen-bond donors (Lipinski definition) is 1. The summed E-state index contributed by atoms with van der Waals surface area (Å²) in [6.07, 6.45) is 3.26. The van der Waals surface area contributed by atoms with Crippen molar-refractivity contribution < 1.29 is 4.79 Å². The summed E-state index contributed by atoms with van der Waals surface area (Å²) in [5, 5.41) is 3.85. The lowest BCUT2D eigenvalue weighted by molar-refractivity contribution is 0.0950. The number of pyridine rings is 1. The molecule has 80 valence electrons. The minimum atomic E-state index is -0.295. The molecule has 1 aromatic rings. The molecule has 0 spiro atoms. The first-order valence-corrected chi connectivity index (χ1v) is 4.75. The summed E-state index contributed by atoms with van der Waals surface area (Å²) >= 11 is 0. The van der Waals surface area contributed by atoms with Crippen LogP contribution in [0.4, 0.5) is 0 Å². The lowest BCUT2D eigenvalue weighted by Gasteiger charge is -2.09. The molecule has 1 N–H and O–H groups in total. The molecule has 4 heteroatoms. The van der Waals surface area contributed by atoms with Gasteiger partial charge in [0.15, 0.2) is 0 Å². The molecule has 0 aromatic carbocycles. The lowest BCUT2D eigenvalue weighted by atomic mass is 9.99. The molecule has 1 amide bonds. The van der Waals surface area contributed by atoms with Gasteiger partial charge in [0.2, 0.25) is 0 Å². The van der Waals surface area contributed by atoms with Gasteiger partial charge in [-0.05, 0) is 17.5 Å². The quantitative estimate of drug-likeness (QED) is 0.591. The molecule has 0 fully saturated rings. The number of hydrogen-bond acceptors (Lipinski definition) is 3. The number of nitrogens with one attached hydrogen (secondary N) is 1. The Kier molecular flexibility index (Phi) is 3.55. The van der Waals surface area contributed by atoms with Crippen molar-refractivity contribution in [3.05, 3.63) is 30.1 Å². The average Bonchev–Trinajstić information content (AvgIpc) is 2.17. The van der Waals surface area contributed by atoms with E-state index in [1.165, 1.54) is 0 Å². The molecule has 1 rings (SSSR count). The van der Waals surface area contributed by atoms with Crippen molar-refractivity contribution in [2.45, 2.75) is 20.8 Å². The fourth-order valence-corrected chi connectivity index (χ4v) is 0.839.